The van der Waals surface area contributed by atoms with Gasteiger partial charge in [0.25, 0.3) is 0 Å². The molecular weight excluding hydrogens is 311 g/mol. The molecule has 2 fully saturated rings. The zero-order valence-electron chi connectivity index (χ0n) is 13.8. The first kappa shape index (κ1) is 17.2. The summed E-state index contributed by atoms with van der Waals surface area (Å²) in [6, 6.07) is 6.48. The molecule has 0 spiro atoms. The van der Waals surface area contributed by atoms with Crippen LogP contribution >= 0.6 is 0 Å². The van der Waals surface area contributed by atoms with Crippen molar-refractivity contribution in [2.45, 2.75) is 24.7 Å². The highest BCUT2D eigenvalue weighted by molar-refractivity contribution is 5.74. The van der Waals surface area contributed by atoms with Gasteiger partial charge in [-0.05, 0) is 37.0 Å². The molecule has 5 nitrogen and oxygen atoms in total. The normalized spacial score (nSPS) is 23.2. The van der Waals surface area contributed by atoms with Gasteiger partial charge in [-0.1, -0.05) is 12.1 Å². The Morgan fingerprint density at radius 1 is 1.33 bits per heavy atom. The second-order valence-electron chi connectivity index (χ2n) is 6.84. The topological polar surface area (TPSA) is 61.8 Å². The molecule has 2 amide bonds. The monoisotopic (exact) mass is 336 g/mol. The van der Waals surface area contributed by atoms with E-state index >= 15 is 0 Å². The lowest BCUT2D eigenvalue weighted by atomic mass is 9.74. The lowest BCUT2D eigenvalue weighted by Gasteiger charge is -2.38. The van der Waals surface area contributed by atoms with Crippen LogP contribution in [0.5, 0.6) is 0 Å². The van der Waals surface area contributed by atoms with Gasteiger partial charge in [0.2, 0.25) is 0 Å². The first-order valence-corrected chi connectivity index (χ1v) is 8.60. The number of carbonyl (C=O) groups excluding carboxylic acids is 1. The van der Waals surface area contributed by atoms with Crippen LogP contribution in [-0.4, -0.2) is 55.5 Å². The highest BCUT2D eigenvalue weighted by atomic mass is 19.1. The van der Waals surface area contributed by atoms with Crippen molar-refractivity contribution in [1.82, 2.24) is 10.2 Å². The number of halogens is 1. The number of amides is 2. The number of nitrogens with zero attached hydrogens (tertiary/aromatic N) is 1. The van der Waals surface area contributed by atoms with Gasteiger partial charge in [-0.2, -0.15) is 0 Å². The van der Waals surface area contributed by atoms with Gasteiger partial charge in [0, 0.05) is 50.8 Å². The third-order valence-electron chi connectivity index (χ3n) is 5.32. The summed E-state index contributed by atoms with van der Waals surface area (Å²) in [4.78, 5) is 14.2. The number of likely N-dealkylation sites (tertiary alicyclic amines) is 1. The van der Waals surface area contributed by atoms with Gasteiger partial charge in [0.15, 0.2) is 0 Å². The zero-order valence-corrected chi connectivity index (χ0v) is 13.8. The summed E-state index contributed by atoms with van der Waals surface area (Å²) < 4.78 is 18.7. The summed E-state index contributed by atoms with van der Waals surface area (Å²) in [6.07, 6.45) is 2.46. The summed E-state index contributed by atoms with van der Waals surface area (Å²) in [6.45, 7) is 3.22. The van der Waals surface area contributed by atoms with Crippen molar-refractivity contribution >= 4 is 6.03 Å². The first-order valence-electron chi connectivity index (χ1n) is 8.60. The van der Waals surface area contributed by atoms with Crippen LogP contribution in [0.1, 0.15) is 24.8 Å². The molecule has 1 atom stereocenters. The van der Waals surface area contributed by atoms with Gasteiger partial charge in [-0.3, -0.25) is 0 Å². The Kier molecular flexibility index (Phi) is 5.36. The van der Waals surface area contributed by atoms with Gasteiger partial charge in [0.1, 0.15) is 5.82 Å². The Morgan fingerprint density at radius 2 is 2.04 bits per heavy atom. The number of hydrogen-bond donors (Lipinski definition) is 2. The standard InChI is InChI=1S/C18H25FN2O3/c19-16-3-1-15(2-4-16)18(6-9-24-10-7-18)13-20-17(23)21-8-5-14(11-21)12-22/h1-4,14,22H,5-13H2,(H,20,23). The van der Waals surface area contributed by atoms with Gasteiger partial charge in [-0.15, -0.1) is 0 Å². The third-order valence-corrected chi connectivity index (χ3v) is 5.32. The molecule has 1 aromatic rings. The predicted octanol–water partition coefficient (Wildman–Crippen LogP) is 1.90. The number of ether oxygens (including phenoxy) is 1. The molecule has 1 unspecified atom stereocenters. The third kappa shape index (κ3) is 3.70. The van der Waals surface area contributed by atoms with Crippen LogP contribution in [0.4, 0.5) is 9.18 Å². The van der Waals surface area contributed by atoms with Crippen molar-refractivity contribution in [3.63, 3.8) is 0 Å². The quantitative estimate of drug-likeness (QED) is 0.883. The molecule has 0 saturated carbocycles. The SMILES string of the molecule is O=C(NCC1(c2ccc(F)cc2)CCOCC1)N1CCC(CO)C1. The number of nitrogens with one attached hydrogen (secondary N) is 1. The minimum absolute atomic E-state index is 0.0843. The van der Waals surface area contributed by atoms with E-state index in [1.54, 1.807) is 4.90 Å². The van der Waals surface area contributed by atoms with E-state index in [0.29, 0.717) is 32.8 Å². The molecule has 132 valence electrons. The van der Waals surface area contributed by atoms with E-state index in [1.807, 2.05) is 12.1 Å². The number of aliphatic hydroxyl groups excluding tert-OH is 1. The molecule has 1 aromatic carbocycles. The van der Waals surface area contributed by atoms with E-state index in [-0.39, 0.29) is 29.8 Å². The Hall–Kier alpha value is -1.66. The molecule has 2 heterocycles. The molecule has 0 aliphatic carbocycles. The number of urea groups is 1. The average molecular weight is 336 g/mol. The van der Waals surface area contributed by atoms with Gasteiger partial charge >= 0.3 is 6.03 Å². The Bertz CT molecular complexity index is 558. The van der Waals surface area contributed by atoms with Gasteiger partial charge in [-0.25, -0.2) is 9.18 Å². The minimum Gasteiger partial charge on any atom is -0.396 e. The molecule has 0 bridgehead atoms. The molecule has 6 heteroatoms. The van der Waals surface area contributed by atoms with Crippen molar-refractivity contribution in [3.8, 4) is 0 Å². The number of benzene rings is 1. The Balaban J connectivity index is 1.66. The molecular formula is C18H25FN2O3. The van der Waals surface area contributed by atoms with Crippen LogP contribution in [0.3, 0.4) is 0 Å². The van der Waals surface area contributed by atoms with Crippen LogP contribution in [0, 0.1) is 11.7 Å². The van der Waals surface area contributed by atoms with E-state index in [0.717, 1.165) is 24.8 Å². The lowest BCUT2D eigenvalue weighted by molar-refractivity contribution is 0.0502. The van der Waals surface area contributed by atoms with E-state index in [2.05, 4.69) is 5.32 Å². The molecule has 24 heavy (non-hydrogen) atoms. The lowest BCUT2D eigenvalue weighted by Crippen LogP contribution is -2.48. The zero-order chi connectivity index (χ0) is 17.0. The van der Waals surface area contributed by atoms with Crippen molar-refractivity contribution in [2.75, 3.05) is 39.5 Å². The number of rotatable bonds is 4. The maximum atomic E-state index is 13.2. The summed E-state index contributed by atoms with van der Waals surface area (Å²) in [7, 11) is 0. The van der Waals surface area contributed by atoms with Gasteiger partial charge in [0.05, 0.1) is 0 Å². The Labute approximate surface area is 141 Å². The molecule has 2 aliphatic heterocycles. The maximum absolute atomic E-state index is 13.2. The fourth-order valence-electron chi connectivity index (χ4n) is 3.66. The largest absolute Gasteiger partial charge is 0.396 e. The highest BCUT2D eigenvalue weighted by Gasteiger charge is 2.36. The van der Waals surface area contributed by atoms with Crippen LogP contribution in [0.2, 0.25) is 0 Å². The second kappa shape index (κ2) is 7.49. The Morgan fingerprint density at radius 3 is 2.67 bits per heavy atom. The fourth-order valence-corrected chi connectivity index (χ4v) is 3.66. The molecule has 0 radical (unpaired) electrons. The fraction of sp³-hybridized carbons (Fsp3) is 0.611. The minimum atomic E-state index is -0.253. The van der Waals surface area contributed by atoms with E-state index < -0.39 is 0 Å². The van der Waals surface area contributed by atoms with E-state index in [1.165, 1.54) is 12.1 Å². The van der Waals surface area contributed by atoms with Crippen molar-refractivity contribution in [3.05, 3.63) is 35.6 Å². The van der Waals surface area contributed by atoms with Crippen molar-refractivity contribution in [2.24, 2.45) is 5.92 Å². The average Bonchev–Trinajstić information content (AvgIpc) is 3.10. The molecule has 3 rings (SSSR count). The molecule has 2 N–H and O–H groups in total. The van der Waals surface area contributed by atoms with Crippen LogP contribution in [0.15, 0.2) is 24.3 Å². The summed E-state index contributed by atoms with van der Waals surface area (Å²) in [5.41, 5.74) is 0.833. The number of hydrogen-bond acceptors (Lipinski definition) is 3. The number of aliphatic hydroxyl groups is 1. The molecule has 0 aromatic heterocycles. The van der Waals surface area contributed by atoms with Crippen LogP contribution in [0.25, 0.3) is 0 Å². The van der Waals surface area contributed by atoms with E-state index in [9.17, 15) is 14.3 Å². The highest BCUT2D eigenvalue weighted by Crippen LogP contribution is 2.34. The smallest absolute Gasteiger partial charge is 0.317 e. The van der Waals surface area contributed by atoms with Crippen molar-refractivity contribution in [1.29, 1.82) is 0 Å². The first-order chi connectivity index (χ1) is 11.6. The van der Waals surface area contributed by atoms with Crippen molar-refractivity contribution < 1.29 is 19.0 Å². The van der Waals surface area contributed by atoms with Gasteiger partial charge < -0.3 is 20.1 Å². The second-order valence-corrected chi connectivity index (χ2v) is 6.84. The maximum Gasteiger partial charge on any atom is 0.317 e. The van der Waals surface area contributed by atoms with Crippen LogP contribution in [-0.2, 0) is 10.2 Å². The summed E-state index contributed by atoms with van der Waals surface area (Å²) in [5, 5.41) is 12.3. The summed E-state index contributed by atoms with van der Waals surface area (Å²) >= 11 is 0. The molecule has 2 saturated heterocycles. The predicted molar refractivity (Wildman–Crippen MR) is 88.3 cm³/mol. The van der Waals surface area contributed by atoms with E-state index in [4.69, 9.17) is 4.74 Å². The summed E-state index contributed by atoms with van der Waals surface area (Å²) in [5.74, 6) is -0.0676. The van der Waals surface area contributed by atoms with Crippen LogP contribution < -0.4 is 5.32 Å². The number of carbonyl (C=O) groups is 1. The molecule has 2 aliphatic rings.